The molecule has 0 aliphatic carbocycles. The van der Waals surface area contributed by atoms with Crippen LogP contribution < -0.4 is 21.3 Å². The fourth-order valence-electron chi connectivity index (χ4n) is 1.90. The van der Waals surface area contributed by atoms with Crippen LogP contribution >= 0.6 is 0 Å². The number of carbonyl (C=O) groups excluding carboxylic acids is 3. The van der Waals surface area contributed by atoms with E-state index in [4.69, 9.17) is 0 Å². The lowest BCUT2D eigenvalue weighted by Crippen LogP contribution is -2.60. The highest BCUT2D eigenvalue weighted by Gasteiger charge is 2.28. The van der Waals surface area contributed by atoms with Gasteiger partial charge in [0.1, 0.15) is 12.1 Å². The second kappa shape index (κ2) is 7.08. The Balaban J connectivity index is 2.55. The van der Waals surface area contributed by atoms with Gasteiger partial charge in [0.15, 0.2) is 0 Å². The minimum atomic E-state index is -0.545. The van der Waals surface area contributed by atoms with E-state index in [1.807, 2.05) is 13.8 Å². The Kier molecular flexibility index (Phi) is 5.75. The molecule has 3 amide bonds. The molecule has 1 saturated heterocycles. The average molecular weight is 270 g/mol. The standard InChI is InChI=1S/C12H22N4O3/c1-7(2)4-8(11(18)13-3)16-12(19)9-5-15-10(17)6-14-9/h7-9,14H,4-6H2,1-3H3,(H,13,18)(H,15,17)(H,16,19). The normalized spacial score (nSPS) is 20.6. The number of nitrogens with one attached hydrogen (secondary N) is 4. The lowest BCUT2D eigenvalue weighted by Gasteiger charge is -2.26. The van der Waals surface area contributed by atoms with E-state index in [1.165, 1.54) is 0 Å². The molecule has 1 rings (SSSR count). The van der Waals surface area contributed by atoms with Crippen LogP contribution in [0.2, 0.25) is 0 Å². The maximum atomic E-state index is 12.0. The summed E-state index contributed by atoms with van der Waals surface area (Å²) >= 11 is 0. The van der Waals surface area contributed by atoms with E-state index in [9.17, 15) is 14.4 Å². The van der Waals surface area contributed by atoms with Crippen molar-refractivity contribution in [3.8, 4) is 0 Å². The maximum Gasteiger partial charge on any atom is 0.242 e. The van der Waals surface area contributed by atoms with Gasteiger partial charge in [0, 0.05) is 13.6 Å². The van der Waals surface area contributed by atoms with Crippen molar-refractivity contribution in [2.75, 3.05) is 20.1 Å². The predicted octanol–water partition coefficient (Wildman–Crippen LogP) is -1.65. The molecule has 1 fully saturated rings. The Hall–Kier alpha value is -1.63. The van der Waals surface area contributed by atoms with E-state index in [-0.39, 0.29) is 30.8 Å². The fraction of sp³-hybridized carbons (Fsp3) is 0.750. The van der Waals surface area contributed by atoms with E-state index in [1.54, 1.807) is 7.05 Å². The van der Waals surface area contributed by atoms with Gasteiger partial charge in [-0.15, -0.1) is 0 Å². The zero-order valence-corrected chi connectivity index (χ0v) is 11.6. The summed E-state index contributed by atoms with van der Waals surface area (Å²) in [6, 6.07) is -1.03. The quantitative estimate of drug-likeness (QED) is 0.481. The molecule has 19 heavy (non-hydrogen) atoms. The lowest BCUT2D eigenvalue weighted by atomic mass is 10.0. The Morgan fingerprint density at radius 3 is 2.58 bits per heavy atom. The van der Waals surface area contributed by atoms with Crippen molar-refractivity contribution < 1.29 is 14.4 Å². The first kappa shape index (κ1) is 15.4. The van der Waals surface area contributed by atoms with Gasteiger partial charge in [-0.05, 0) is 12.3 Å². The van der Waals surface area contributed by atoms with Crippen molar-refractivity contribution in [1.82, 2.24) is 21.3 Å². The number of likely N-dealkylation sites (N-methyl/N-ethyl adjacent to an activating group) is 1. The molecule has 108 valence electrons. The Morgan fingerprint density at radius 1 is 1.42 bits per heavy atom. The number of rotatable bonds is 5. The largest absolute Gasteiger partial charge is 0.357 e. The first-order valence-corrected chi connectivity index (χ1v) is 6.46. The molecule has 7 heteroatoms. The predicted molar refractivity (Wildman–Crippen MR) is 70.3 cm³/mol. The molecular weight excluding hydrogens is 248 g/mol. The fourth-order valence-corrected chi connectivity index (χ4v) is 1.90. The van der Waals surface area contributed by atoms with Crippen molar-refractivity contribution in [1.29, 1.82) is 0 Å². The minimum absolute atomic E-state index is 0.118. The summed E-state index contributed by atoms with van der Waals surface area (Å²) in [4.78, 5) is 34.7. The monoisotopic (exact) mass is 270 g/mol. The van der Waals surface area contributed by atoms with E-state index in [0.717, 1.165) is 0 Å². The summed E-state index contributed by atoms with van der Waals surface area (Å²) in [5.74, 6) is -0.313. The van der Waals surface area contributed by atoms with Crippen molar-refractivity contribution in [2.45, 2.75) is 32.4 Å². The molecule has 1 aliphatic rings. The molecule has 0 spiro atoms. The van der Waals surface area contributed by atoms with Gasteiger partial charge >= 0.3 is 0 Å². The molecular formula is C12H22N4O3. The zero-order valence-electron chi connectivity index (χ0n) is 11.6. The SMILES string of the molecule is CNC(=O)C(CC(C)C)NC(=O)C1CNC(=O)CN1. The highest BCUT2D eigenvalue weighted by Crippen LogP contribution is 2.05. The molecule has 2 unspecified atom stereocenters. The number of hydrogen-bond acceptors (Lipinski definition) is 4. The Bertz CT molecular complexity index is 347. The van der Waals surface area contributed by atoms with Crippen LogP contribution in [-0.2, 0) is 14.4 Å². The molecule has 0 bridgehead atoms. The van der Waals surface area contributed by atoms with Crippen LogP contribution in [0.15, 0.2) is 0 Å². The third-order valence-electron chi connectivity index (χ3n) is 2.92. The molecule has 0 aromatic carbocycles. The van der Waals surface area contributed by atoms with Crippen molar-refractivity contribution in [3.05, 3.63) is 0 Å². The number of hydrogen-bond donors (Lipinski definition) is 4. The Morgan fingerprint density at radius 2 is 2.11 bits per heavy atom. The van der Waals surface area contributed by atoms with Gasteiger partial charge < -0.3 is 16.0 Å². The molecule has 1 aliphatic heterocycles. The molecule has 4 N–H and O–H groups in total. The molecule has 0 saturated carbocycles. The second-order valence-electron chi connectivity index (χ2n) is 5.04. The topological polar surface area (TPSA) is 99.3 Å². The number of piperazine rings is 1. The Labute approximate surface area is 112 Å². The average Bonchev–Trinajstić information content (AvgIpc) is 2.37. The highest BCUT2D eigenvalue weighted by molar-refractivity contribution is 5.91. The van der Waals surface area contributed by atoms with Gasteiger partial charge in [0.05, 0.1) is 6.54 Å². The van der Waals surface area contributed by atoms with Crippen LogP contribution in [0.25, 0.3) is 0 Å². The van der Waals surface area contributed by atoms with Crippen molar-refractivity contribution in [2.24, 2.45) is 5.92 Å². The number of carbonyl (C=O) groups is 3. The first-order valence-electron chi connectivity index (χ1n) is 6.46. The van der Waals surface area contributed by atoms with Crippen LogP contribution in [0.1, 0.15) is 20.3 Å². The molecule has 7 nitrogen and oxygen atoms in total. The van der Waals surface area contributed by atoms with Crippen LogP contribution in [-0.4, -0.2) is 49.9 Å². The third-order valence-corrected chi connectivity index (χ3v) is 2.92. The van der Waals surface area contributed by atoms with Crippen LogP contribution in [0.3, 0.4) is 0 Å². The summed E-state index contributed by atoms with van der Waals surface area (Å²) in [6.07, 6.45) is 0.574. The second-order valence-corrected chi connectivity index (χ2v) is 5.04. The summed E-state index contributed by atoms with van der Waals surface area (Å²) < 4.78 is 0. The first-order chi connectivity index (χ1) is 8.93. The molecule has 1 heterocycles. The smallest absolute Gasteiger partial charge is 0.242 e. The maximum absolute atomic E-state index is 12.0. The van der Waals surface area contributed by atoms with Gasteiger partial charge in [-0.3, -0.25) is 19.7 Å². The zero-order chi connectivity index (χ0) is 14.4. The molecule has 0 radical (unpaired) electrons. The molecule has 0 aromatic rings. The van der Waals surface area contributed by atoms with Crippen molar-refractivity contribution in [3.63, 3.8) is 0 Å². The van der Waals surface area contributed by atoms with Gasteiger partial charge in [-0.2, -0.15) is 0 Å². The minimum Gasteiger partial charge on any atom is -0.357 e. The van der Waals surface area contributed by atoms with Crippen LogP contribution in [0.5, 0.6) is 0 Å². The van der Waals surface area contributed by atoms with Crippen molar-refractivity contribution >= 4 is 17.7 Å². The van der Waals surface area contributed by atoms with E-state index in [2.05, 4.69) is 21.3 Å². The summed E-state index contributed by atoms with van der Waals surface area (Å²) in [7, 11) is 1.54. The summed E-state index contributed by atoms with van der Waals surface area (Å²) in [5, 5.41) is 10.7. The van der Waals surface area contributed by atoms with Gasteiger partial charge in [-0.1, -0.05) is 13.8 Å². The lowest BCUT2D eigenvalue weighted by molar-refractivity contribution is -0.131. The highest BCUT2D eigenvalue weighted by atomic mass is 16.2. The van der Waals surface area contributed by atoms with Gasteiger partial charge in [0.2, 0.25) is 17.7 Å². The summed E-state index contributed by atoms with van der Waals surface area (Å²) in [6.45, 7) is 4.34. The van der Waals surface area contributed by atoms with E-state index >= 15 is 0 Å². The van der Waals surface area contributed by atoms with Crippen LogP contribution in [0.4, 0.5) is 0 Å². The summed E-state index contributed by atoms with van der Waals surface area (Å²) in [5.41, 5.74) is 0. The van der Waals surface area contributed by atoms with E-state index < -0.39 is 12.1 Å². The number of amides is 3. The van der Waals surface area contributed by atoms with Gasteiger partial charge in [-0.25, -0.2) is 0 Å². The third kappa shape index (κ3) is 4.86. The van der Waals surface area contributed by atoms with E-state index in [0.29, 0.717) is 12.3 Å². The molecule has 2 atom stereocenters. The van der Waals surface area contributed by atoms with Crippen LogP contribution in [0, 0.1) is 5.92 Å². The molecule has 0 aromatic heterocycles. The van der Waals surface area contributed by atoms with Gasteiger partial charge in [0.25, 0.3) is 0 Å².